The Kier molecular flexibility index (Phi) is 3.97. The molecule has 0 fully saturated rings. The number of carboxylic acid groups (broad SMARTS) is 1. The highest BCUT2D eigenvalue weighted by Crippen LogP contribution is 1.91. The van der Waals surface area contributed by atoms with Gasteiger partial charge in [0.25, 0.3) is 5.56 Å². The van der Waals surface area contributed by atoms with Crippen LogP contribution in [0.4, 0.5) is 0 Å². The van der Waals surface area contributed by atoms with Crippen LogP contribution >= 0.6 is 0 Å². The molecule has 1 aromatic rings. The van der Waals surface area contributed by atoms with Crippen LogP contribution in [0, 0.1) is 6.92 Å². The molecular formula is C10H13N3O4. The van der Waals surface area contributed by atoms with Crippen LogP contribution in [0.1, 0.15) is 12.6 Å². The Morgan fingerprint density at radius 1 is 1.53 bits per heavy atom. The maximum Gasteiger partial charge on any atom is 0.328 e. The summed E-state index contributed by atoms with van der Waals surface area (Å²) in [6.07, 6.45) is 0. The van der Waals surface area contributed by atoms with E-state index in [1.807, 2.05) is 0 Å². The number of amides is 1. The molecule has 92 valence electrons. The molecule has 0 aromatic carbocycles. The van der Waals surface area contributed by atoms with Crippen molar-refractivity contribution in [2.75, 3.05) is 0 Å². The molecule has 1 aromatic heterocycles. The Morgan fingerprint density at radius 2 is 2.18 bits per heavy atom. The molecule has 0 aliphatic heterocycles. The molecule has 0 aliphatic carbocycles. The molecule has 1 atom stereocenters. The molecule has 0 spiro atoms. The third-order valence-electron chi connectivity index (χ3n) is 2.03. The zero-order chi connectivity index (χ0) is 13.0. The summed E-state index contributed by atoms with van der Waals surface area (Å²) >= 11 is 0. The number of nitrogens with zero attached hydrogens (tertiary/aromatic N) is 2. The molecule has 2 N–H and O–H groups in total. The number of aliphatic carboxylic acids is 1. The third-order valence-corrected chi connectivity index (χ3v) is 2.03. The lowest BCUT2D eigenvalue weighted by molar-refractivity contribution is -0.142. The molecule has 1 rings (SSSR count). The number of nitrogens with one attached hydrogen (secondary N) is 1. The Morgan fingerprint density at radius 3 is 2.71 bits per heavy atom. The van der Waals surface area contributed by atoms with Gasteiger partial charge >= 0.3 is 5.97 Å². The highest BCUT2D eigenvalue weighted by atomic mass is 16.4. The lowest BCUT2D eigenvalue weighted by Crippen LogP contribution is -2.45. The largest absolute Gasteiger partial charge is 0.480 e. The zero-order valence-corrected chi connectivity index (χ0v) is 9.51. The maximum atomic E-state index is 11.4. The van der Waals surface area contributed by atoms with Gasteiger partial charge < -0.3 is 10.4 Å². The quantitative estimate of drug-likeness (QED) is 0.712. The first kappa shape index (κ1) is 12.9. The Labute approximate surface area is 97.1 Å². The van der Waals surface area contributed by atoms with Crippen molar-refractivity contribution in [3.8, 4) is 0 Å². The van der Waals surface area contributed by atoms with Crippen LogP contribution in [0.25, 0.3) is 0 Å². The van der Waals surface area contributed by atoms with Gasteiger partial charge in [-0.2, -0.15) is 5.10 Å². The molecule has 0 radical (unpaired) electrons. The number of aromatic nitrogens is 2. The van der Waals surface area contributed by atoms with Gasteiger partial charge in [0.2, 0.25) is 5.91 Å². The van der Waals surface area contributed by atoms with E-state index >= 15 is 0 Å². The Hall–Kier alpha value is -2.18. The summed E-state index contributed by atoms with van der Waals surface area (Å²) in [5, 5.41) is 15.0. The molecule has 0 saturated heterocycles. The van der Waals surface area contributed by atoms with Crippen LogP contribution in [0.3, 0.4) is 0 Å². The number of carbonyl (C=O) groups is 2. The van der Waals surface area contributed by atoms with Crippen molar-refractivity contribution in [3.63, 3.8) is 0 Å². The van der Waals surface area contributed by atoms with Gasteiger partial charge in [-0.3, -0.25) is 9.59 Å². The van der Waals surface area contributed by atoms with E-state index in [2.05, 4.69) is 10.4 Å². The fourth-order valence-electron chi connectivity index (χ4n) is 1.29. The fourth-order valence-corrected chi connectivity index (χ4v) is 1.29. The zero-order valence-electron chi connectivity index (χ0n) is 9.51. The molecule has 7 nitrogen and oxygen atoms in total. The molecule has 0 aliphatic rings. The number of aryl methyl sites for hydroxylation is 1. The van der Waals surface area contributed by atoms with E-state index in [4.69, 9.17) is 5.11 Å². The Bertz CT molecular complexity index is 495. The average molecular weight is 239 g/mol. The van der Waals surface area contributed by atoms with E-state index in [9.17, 15) is 14.4 Å². The van der Waals surface area contributed by atoms with E-state index in [1.165, 1.54) is 19.1 Å². The second kappa shape index (κ2) is 5.24. The van der Waals surface area contributed by atoms with Crippen LogP contribution in [-0.4, -0.2) is 32.8 Å². The van der Waals surface area contributed by atoms with Crippen molar-refractivity contribution in [2.24, 2.45) is 0 Å². The van der Waals surface area contributed by atoms with Crippen molar-refractivity contribution in [1.29, 1.82) is 0 Å². The monoisotopic (exact) mass is 239 g/mol. The number of hydrogen-bond acceptors (Lipinski definition) is 4. The summed E-state index contributed by atoms with van der Waals surface area (Å²) in [6.45, 7) is 2.70. The van der Waals surface area contributed by atoms with E-state index < -0.39 is 23.5 Å². The first-order chi connectivity index (χ1) is 7.90. The minimum atomic E-state index is -1.21. The average Bonchev–Trinajstić information content (AvgIpc) is 2.21. The van der Waals surface area contributed by atoms with Crippen molar-refractivity contribution < 1.29 is 14.7 Å². The second-order valence-corrected chi connectivity index (χ2v) is 3.59. The number of rotatable bonds is 4. The molecule has 0 saturated carbocycles. The summed E-state index contributed by atoms with van der Waals surface area (Å²) in [4.78, 5) is 33.1. The van der Waals surface area contributed by atoms with Crippen LogP contribution in [0.15, 0.2) is 16.9 Å². The first-order valence-corrected chi connectivity index (χ1v) is 4.95. The minimum absolute atomic E-state index is 0.199. The van der Waals surface area contributed by atoms with Gasteiger partial charge in [0.15, 0.2) is 0 Å². The van der Waals surface area contributed by atoms with Crippen molar-refractivity contribution in [3.05, 3.63) is 28.2 Å². The van der Waals surface area contributed by atoms with Gasteiger partial charge in [-0.25, -0.2) is 9.48 Å². The normalized spacial score (nSPS) is 11.9. The fraction of sp³-hybridized carbons (Fsp3) is 0.400. The predicted molar refractivity (Wildman–Crippen MR) is 58.5 cm³/mol. The number of hydrogen-bond donors (Lipinski definition) is 2. The van der Waals surface area contributed by atoms with E-state index in [1.54, 1.807) is 6.92 Å². The predicted octanol–water partition coefficient (Wildman–Crippen LogP) is -0.859. The van der Waals surface area contributed by atoms with Gasteiger partial charge in [0, 0.05) is 13.0 Å². The van der Waals surface area contributed by atoms with Crippen LogP contribution < -0.4 is 10.9 Å². The minimum Gasteiger partial charge on any atom is -0.480 e. The third kappa shape index (κ3) is 3.71. The van der Waals surface area contributed by atoms with Gasteiger partial charge in [-0.05, 0) is 13.0 Å². The van der Waals surface area contributed by atoms with Crippen LogP contribution in [0.5, 0.6) is 0 Å². The number of carbonyl (C=O) groups excluding carboxylic acids is 1. The molecular weight excluding hydrogens is 226 g/mol. The molecule has 7 heteroatoms. The summed E-state index contributed by atoms with van der Waals surface area (Å²) in [5.41, 5.74) is 0.184. The van der Waals surface area contributed by atoms with Gasteiger partial charge in [-0.15, -0.1) is 0 Å². The van der Waals surface area contributed by atoms with E-state index in [0.717, 1.165) is 4.68 Å². The van der Waals surface area contributed by atoms with Crippen LogP contribution in [-0.2, 0) is 16.1 Å². The summed E-state index contributed by atoms with van der Waals surface area (Å²) in [6, 6.07) is 1.67. The van der Waals surface area contributed by atoms with Crippen LogP contribution in [0.2, 0.25) is 0 Å². The number of carboxylic acids is 1. The Balaban J connectivity index is 2.93. The smallest absolute Gasteiger partial charge is 0.328 e. The standard InChI is InChI=1S/C10H13N3O4/c1-6-3-4-9(15)13(12-6)5-8(10(16)17)11-7(2)14/h3-4,8H,5H2,1-2H3,(H,11,14)(H,16,17). The lowest BCUT2D eigenvalue weighted by Gasteiger charge is -2.14. The van der Waals surface area contributed by atoms with Gasteiger partial charge in [0.05, 0.1) is 12.2 Å². The van der Waals surface area contributed by atoms with Gasteiger partial charge in [0.1, 0.15) is 6.04 Å². The maximum absolute atomic E-state index is 11.4. The SMILES string of the molecule is CC(=O)NC(Cn1nc(C)ccc1=O)C(=O)O. The van der Waals surface area contributed by atoms with Crippen molar-refractivity contribution in [2.45, 2.75) is 26.4 Å². The molecule has 1 heterocycles. The first-order valence-electron chi connectivity index (χ1n) is 4.95. The highest BCUT2D eigenvalue weighted by Gasteiger charge is 2.19. The van der Waals surface area contributed by atoms with Crippen molar-refractivity contribution >= 4 is 11.9 Å². The van der Waals surface area contributed by atoms with E-state index in [-0.39, 0.29) is 6.54 Å². The lowest BCUT2D eigenvalue weighted by atomic mass is 10.3. The topological polar surface area (TPSA) is 101 Å². The van der Waals surface area contributed by atoms with E-state index in [0.29, 0.717) is 5.69 Å². The molecule has 0 bridgehead atoms. The highest BCUT2D eigenvalue weighted by molar-refractivity contribution is 5.81. The van der Waals surface area contributed by atoms with Gasteiger partial charge in [-0.1, -0.05) is 0 Å². The summed E-state index contributed by atoms with van der Waals surface area (Å²) < 4.78 is 1.02. The summed E-state index contributed by atoms with van der Waals surface area (Å²) in [5.74, 6) is -1.69. The summed E-state index contributed by atoms with van der Waals surface area (Å²) in [7, 11) is 0. The molecule has 1 amide bonds. The van der Waals surface area contributed by atoms with Crippen molar-refractivity contribution in [1.82, 2.24) is 15.1 Å². The molecule has 17 heavy (non-hydrogen) atoms. The second-order valence-electron chi connectivity index (χ2n) is 3.59. The molecule has 1 unspecified atom stereocenters.